The third kappa shape index (κ3) is 10.2. The number of allylic oxidation sites excluding steroid dienone is 4. The summed E-state index contributed by atoms with van der Waals surface area (Å²) >= 11 is 0. The highest BCUT2D eigenvalue weighted by Gasteiger charge is 2.29. The first kappa shape index (κ1) is 22.4. The van der Waals surface area contributed by atoms with Crippen molar-refractivity contribution in [2.75, 3.05) is 6.61 Å². The molecule has 0 radical (unpaired) electrons. The van der Waals surface area contributed by atoms with Gasteiger partial charge in [0.1, 0.15) is 0 Å². The highest BCUT2D eigenvalue weighted by Crippen LogP contribution is 2.14. The Balaban J connectivity index is 4.29. The predicted molar refractivity (Wildman–Crippen MR) is 97.5 cm³/mol. The Morgan fingerprint density at radius 3 is 1.96 bits per heavy atom. The van der Waals surface area contributed by atoms with Crippen LogP contribution in [-0.4, -0.2) is 24.6 Å². The van der Waals surface area contributed by atoms with E-state index in [1.54, 1.807) is 6.92 Å². The number of hydrogen-bond acceptors (Lipinski definition) is 4. The average Bonchev–Trinajstić information content (AvgIpc) is 2.50. The van der Waals surface area contributed by atoms with Crippen LogP contribution >= 0.6 is 0 Å². The van der Waals surface area contributed by atoms with Crippen molar-refractivity contribution < 1.29 is 19.1 Å². The Labute approximate surface area is 147 Å². The number of carbonyl (C=O) groups is 2. The van der Waals surface area contributed by atoms with E-state index in [2.05, 4.69) is 26.0 Å². The Kier molecular flexibility index (Phi) is 12.0. The van der Waals surface area contributed by atoms with Crippen molar-refractivity contribution in [3.8, 4) is 0 Å². The molecule has 0 amide bonds. The third-order valence-electron chi connectivity index (χ3n) is 3.47. The lowest BCUT2D eigenvalue weighted by Gasteiger charge is -2.21. The smallest absolute Gasteiger partial charge is 0.347 e. The van der Waals surface area contributed by atoms with Crippen LogP contribution in [0.1, 0.15) is 60.8 Å². The second-order valence-electron chi connectivity index (χ2n) is 6.80. The van der Waals surface area contributed by atoms with Crippen LogP contribution in [-0.2, 0) is 19.1 Å². The molecule has 0 aromatic carbocycles. The molecule has 0 saturated heterocycles. The van der Waals surface area contributed by atoms with Gasteiger partial charge in [-0.2, -0.15) is 0 Å². The lowest BCUT2D eigenvalue weighted by Crippen LogP contribution is -2.35. The fourth-order valence-electron chi connectivity index (χ4n) is 1.96. The lowest BCUT2D eigenvalue weighted by atomic mass is 10.1. The predicted octanol–water partition coefficient (Wildman–Crippen LogP) is 4.69. The fraction of sp³-hybridized carbons (Fsp3) is 0.700. The Morgan fingerprint density at radius 1 is 0.875 bits per heavy atom. The fourth-order valence-corrected chi connectivity index (χ4v) is 1.96. The summed E-state index contributed by atoms with van der Waals surface area (Å²) in [5.74, 6) is -0.549. The maximum absolute atomic E-state index is 12.1. The standard InChI is InChI=1S/C20H34O4/c1-7-23-20(22)18(16(4)5)24-19(21)17(6)14-12-10-8-9-11-13-15(2)3/h9-12,15-18H,7-8,13-14H2,1-6H3/b11-9-,12-10-. The molecule has 0 aliphatic heterocycles. The zero-order valence-corrected chi connectivity index (χ0v) is 16.1. The maximum Gasteiger partial charge on any atom is 0.347 e. The molecular formula is C20H34O4. The largest absolute Gasteiger partial charge is 0.463 e. The summed E-state index contributed by atoms with van der Waals surface area (Å²) < 4.78 is 10.3. The van der Waals surface area contributed by atoms with Gasteiger partial charge in [-0.15, -0.1) is 0 Å². The van der Waals surface area contributed by atoms with E-state index in [0.717, 1.165) is 12.8 Å². The molecule has 0 aromatic heterocycles. The van der Waals surface area contributed by atoms with Gasteiger partial charge in [-0.25, -0.2) is 4.79 Å². The maximum atomic E-state index is 12.1. The summed E-state index contributed by atoms with van der Waals surface area (Å²) in [5.41, 5.74) is 0. The molecule has 0 bridgehead atoms. The van der Waals surface area contributed by atoms with Crippen LogP contribution in [0.25, 0.3) is 0 Å². The SMILES string of the molecule is CCOC(=O)C(OC(=O)C(C)C/C=C\C/C=C\CC(C)C)C(C)C. The van der Waals surface area contributed by atoms with Crippen LogP contribution in [0.3, 0.4) is 0 Å². The van der Waals surface area contributed by atoms with Crippen LogP contribution in [0.4, 0.5) is 0 Å². The Bertz CT molecular complexity index is 421. The van der Waals surface area contributed by atoms with Gasteiger partial charge in [0.25, 0.3) is 0 Å². The molecule has 2 unspecified atom stereocenters. The molecular weight excluding hydrogens is 304 g/mol. The van der Waals surface area contributed by atoms with Crippen LogP contribution in [0, 0.1) is 17.8 Å². The first-order valence-corrected chi connectivity index (χ1v) is 8.96. The second-order valence-corrected chi connectivity index (χ2v) is 6.80. The summed E-state index contributed by atoms with van der Waals surface area (Å²) in [5, 5.41) is 0. The molecule has 0 saturated carbocycles. The van der Waals surface area contributed by atoms with E-state index in [-0.39, 0.29) is 24.4 Å². The normalized spacial score (nSPS) is 14.5. The van der Waals surface area contributed by atoms with Crippen molar-refractivity contribution >= 4 is 11.9 Å². The summed E-state index contributed by atoms with van der Waals surface area (Å²) in [6.45, 7) is 11.9. The third-order valence-corrected chi connectivity index (χ3v) is 3.47. The first-order valence-electron chi connectivity index (χ1n) is 8.96. The minimum Gasteiger partial charge on any atom is -0.463 e. The van der Waals surface area contributed by atoms with Crippen LogP contribution in [0.15, 0.2) is 24.3 Å². The molecule has 0 rings (SSSR count). The second kappa shape index (κ2) is 12.8. The molecule has 2 atom stereocenters. The van der Waals surface area contributed by atoms with Crippen LogP contribution in [0.2, 0.25) is 0 Å². The molecule has 0 aliphatic rings. The topological polar surface area (TPSA) is 52.6 Å². The van der Waals surface area contributed by atoms with Gasteiger partial charge in [-0.1, -0.05) is 58.9 Å². The molecule has 4 heteroatoms. The first-order chi connectivity index (χ1) is 11.3. The van der Waals surface area contributed by atoms with Gasteiger partial charge in [0.05, 0.1) is 12.5 Å². The van der Waals surface area contributed by atoms with Gasteiger partial charge in [-0.05, 0) is 32.1 Å². The Hall–Kier alpha value is -1.58. The number of ether oxygens (including phenoxy) is 2. The molecule has 0 heterocycles. The number of hydrogen-bond donors (Lipinski definition) is 0. The van der Waals surface area contributed by atoms with Gasteiger partial charge in [-0.3, -0.25) is 4.79 Å². The quantitative estimate of drug-likeness (QED) is 0.405. The van der Waals surface area contributed by atoms with E-state index in [9.17, 15) is 9.59 Å². The van der Waals surface area contributed by atoms with Crippen molar-refractivity contribution in [3.63, 3.8) is 0 Å². The van der Waals surface area contributed by atoms with Crippen LogP contribution < -0.4 is 0 Å². The molecule has 0 spiro atoms. The van der Waals surface area contributed by atoms with Crippen molar-refractivity contribution in [2.24, 2.45) is 17.8 Å². The average molecular weight is 338 g/mol. The summed E-state index contributed by atoms with van der Waals surface area (Å²) in [4.78, 5) is 24.0. The van der Waals surface area contributed by atoms with Gasteiger partial charge in [0.15, 0.2) is 0 Å². The molecule has 0 aliphatic carbocycles. The minimum absolute atomic E-state index is 0.109. The van der Waals surface area contributed by atoms with E-state index in [1.807, 2.05) is 32.9 Å². The van der Waals surface area contributed by atoms with E-state index in [4.69, 9.17) is 9.47 Å². The molecule has 0 fully saturated rings. The van der Waals surface area contributed by atoms with Gasteiger partial charge in [0, 0.05) is 5.92 Å². The molecule has 4 nitrogen and oxygen atoms in total. The highest BCUT2D eigenvalue weighted by molar-refractivity contribution is 5.80. The number of esters is 2. The van der Waals surface area contributed by atoms with Crippen molar-refractivity contribution in [1.29, 1.82) is 0 Å². The molecule has 138 valence electrons. The van der Waals surface area contributed by atoms with Crippen molar-refractivity contribution in [3.05, 3.63) is 24.3 Å². The number of carbonyl (C=O) groups excluding carboxylic acids is 2. The zero-order chi connectivity index (χ0) is 18.5. The monoisotopic (exact) mass is 338 g/mol. The summed E-state index contributed by atoms with van der Waals surface area (Å²) in [7, 11) is 0. The van der Waals surface area contributed by atoms with Gasteiger partial charge in [0.2, 0.25) is 6.10 Å². The van der Waals surface area contributed by atoms with E-state index < -0.39 is 12.1 Å². The number of rotatable bonds is 11. The highest BCUT2D eigenvalue weighted by atomic mass is 16.6. The lowest BCUT2D eigenvalue weighted by molar-refractivity contribution is -0.173. The van der Waals surface area contributed by atoms with Gasteiger partial charge >= 0.3 is 11.9 Å². The zero-order valence-electron chi connectivity index (χ0n) is 16.1. The molecule has 0 aromatic rings. The minimum atomic E-state index is -0.831. The van der Waals surface area contributed by atoms with E-state index in [0.29, 0.717) is 12.3 Å². The summed E-state index contributed by atoms with van der Waals surface area (Å²) in [6.07, 6.45) is 10.1. The molecule has 0 N–H and O–H groups in total. The molecule has 24 heavy (non-hydrogen) atoms. The summed E-state index contributed by atoms with van der Waals surface area (Å²) in [6, 6.07) is 0. The van der Waals surface area contributed by atoms with Crippen LogP contribution in [0.5, 0.6) is 0 Å². The van der Waals surface area contributed by atoms with E-state index in [1.165, 1.54) is 0 Å². The van der Waals surface area contributed by atoms with Crippen molar-refractivity contribution in [1.82, 2.24) is 0 Å². The van der Waals surface area contributed by atoms with E-state index >= 15 is 0 Å². The Morgan fingerprint density at radius 2 is 1.46 bits per heavy atom. The van der Waals surface area contributed by atoms with Crippen molar-refractivity contribution in [2.45, 2.75) is 66.9 Å². The van der Waals surface area contributed by atoms with Gasteiger partial charge < -0.3 is 9.47 Å².